The van der Waals surface area contributed by atoms with Crippen LogP contribution in [-0.4, -0.2) is 25.2 Å². The smallest absolute Gasteiger partial charge is 0.319 e. The first kappa shape index (κ1) is 13.4. The lowest BCUT2D eigenvalue weighted by molar-refractivity contribution is 0.251. The summed E-state index contributed by atoms with van der Waals surface area (Å²) >= 11 is 0. The highest BCUT2D eigenvalue weighted by Gasteiger charge is 2.13. The van der Waals surface area contributed by atoms with Crippen LogP contribution in [0.5, 0.6) is 0 Å². The van der Waals surface area contributed by atoms with Gasteiger partial charge in [-0.05, 0) is 50.1 Å². The summed E-state index contributed by atoms with van der Waals surface area (Å²) in [5.74, 6) is 0. The van der Waals surface area contributed by atoms with E-state index in [1.54, 1.807) is 24.3 Å². The average Bonchev–Trinajstić information content (AvgIpc) is 2.93. The Morgan fingerprint density at radius 2 is 2.21 bits per heavy atom. The number of amides is 2. The second-order valence-electron chi connectivity index (χ2n) is 4.65. The molecule has 0 radical (unpaired) electrons. The molecule has 1 aliphatic heterocycles. The molecule has 0 aliphatic carbocycles. The quantitative estimate of drug-likeness (QED) is 0.771. The van der Waals surface area contributed by atoms with E-state index < -0.39 is 0 Å². The number of nitrogens with zero attached hydrogens (tertiary/aromatic N) is 1. The summed E-state index contributed by atoms with van der Waals surface area (Å²) < 4.78 is 0. The van der Waals surface area contributed by atoms with Gasteiger partial charge in [-0.3, -0.25) is 0 Å². The Hall–Kier alpha value is -2.06. The van der Waals surface area contributed by atoms with Crippen LogP contribution >= 0.6 is 0 Å². The molecule has 0 aromatic heterocycles. The molecule has 1 aromatic carbocycles. The highest BCUT2D eigenvalue weighted by atomic mass is 16.2. The van der Waals surface area contributed by atoms with Crippen LogP contribution in [-0.2, 0) is 0 Å². The number of nitriles is 1. The standard InChI is InChI=1S/C14H18N4O/c15-10-11-3-5-13(6-4-11)18-14(19)17-9-7-12-2-1-8-16-12/h3-6,12,16H,1-2,7-9H2,(H2,17,18,19)/t12-/m1/s1. The van der Waals surface area contributed by atoms with Crippen LogP contribution in [0.15, 0.2) is 24.3 Å². The van der Waals surface area contributed by atoms with E-state index in [2.05, 4.69) is 16.0 Å². The Morgan fingerprint density at radius 1 is 1.42 bits per heavy atom. The summed E-state index contributed by atoms with van der Waals surface area (Å²) in [7, 11) is 0. The first-order valence-electron chi connectivity index (χ1n) is 6.56. The molecular formula is C14H18N4O. The Labute approximate surface area is 113 Å². The molecule has 19 heavy (non-hydrogen) atoms. The zero-order chi connectivity index (χ0) is 13.5. The Morgan fingerprint density at radius 3 is 2.84 bits per heavy atom. The van der Waals surface area contributed by atoms with Gasteiger partial charge in [0.1, 0.15) is 0 Å². The number of carbonyl (C=O) groups is 1. The molecular weight excluding hydrogens is 240 g/mol. The van der Waals surface area contributed by atoms with Crippen LogP contribution < -0.4 is 16.0 Å². The number of rotatable bonds is 4. The van der Waals surface area contributed by atoms with Crippen molar-refractivity contribution in [1.82, 2.24) is 10.6 Å². The molecule has 1 saturated heterocycles. The van der Waals surface area contributed by atoms with Gasteiger partial charge in [-0.25, -0.2) is 4.79 Å². The molecule has 1 fully saturated rings. The van der Waals surface area contributed by atoms with E-state index in [0.717, 1.165) is 13.0 Å². The Bertz CT molecular complexity index is 457. The first-order chi connectivity index (χ1) is 9.28. The largest absolute Gasteiger partial charge is 0.338 e. The van der Waals surface area contributed by atoms with Crippen LogP contribution in [0.4, 0.5) is 10.5 Å². The Balaban J connectivity index is 1.69. The number of urea groups is 1. The molecule has 0 saturated carbocycles. The molecule has 0 bridgehead atoms. The minimum absolute atomic E-state index is 0.206. The van der Waals surface area contributed by atoms with E-state index in [-0.39, 0.29) is 6.03 Å². The van der Waals surface area contributed by atoms with Crippen molar-refractivity contribution < 1.29 is 4.79 Å². The maximum Gasteiger partial charge on any atom is 0.319 e. The van der Waals surface area contributed by atoms with Gasteiger partial charge in [0.05, 0.1) is 11.6 Å². The Kier molecular flexibility index (Phi) is 4.76. The highest BCUT2D eigenvalue weighted by molar-refractivity contribution is 5.89. The third-order valence-electron chi connectivity index (χ3n) is 3.21. The minimum atomic E-state index is -0.206. The van der Waals surface area contributed by atoms with Gasteiger partial charge in [-0.2, -0.15) is 5.26 Å². The van der Waals surface area contributed by atoms with Crippen molar-refractivity contribution in [2.45, 2.75) is 25.3 Å². The van der Waals surface area contributed by atoms with Gasteiger partial charge in [-0.15, -0.1) is 0 Å². The van der Waals surface area contributed by atoms with Gasteiger partial charge in [0, 0.05) is 18.3 Å². The van der Waals surface area contributed by atoms with Gasteiger partial charge >= 0.3 is 6.03 Å². The number of carbonyl (C=O) groups excluding carboxylic acids is 1. The molecule has 1 aromatic rings. The zero-order valence-electron chi connectivity index (χ0n) is 10.8. The number of nitrogens with one attached hydrogen (secondary N) is 3. The van der Waals surface area contributed by atoms with Crippen LogP contribution in [0.25, 0.3) is 0 Å². The molecule has 1 aliphatic rings. The molecule has 1 heterocycles. The van der Waals surface area contributed by atoms with Crippen molar-refractivity contribution in [2.24, 2.45) is 0 Å². The van der Waals surface area contributed by atoms with Crippen LogP contribution in [0.3, 0.4) is 0 Å². The molecule has 5 heteroatoms. The molecule has 100 valence electrons. The maximum atomic E-state index is 11.6. The minimum Gasteiger partial charge on any atom is -0.338 e. The third kappa shape index (κ3) is 4.27. The van der Waals surface area contributed by atoms with Crippen molar-refractivity contribution >= 4 is 11.7 Å². The van der Waals surface area contributed by atoms with Crippen LogP contribution in [0, 0.1) is 11.3 Å². The maximum absolute atomic E-state index is 11.6. The van der Waals surface area contributed by atoms with Gasteiger partial charge < -0.3 is 16.0 Å². The lowest BCUT2D eigenvalue weighted by atomic mass is 10.1. The summed E-state index contributed by atoms with van der Waals surface area (Å²) in [6.07, 6.45) is 3.38. The topological polar surface area (TPSA) is 77.0 Å². The van der Waals surface area contributed by atoms with Crippen molar-refractivity contribution in [3.8, 4) is 6.07 Å². The monoisotopic (exact) mass is 258 g/mol. The highest BCUT2D eigenvalue weighted by Crippen LogP contribution is 2.09. The van der Waals surface area contributed by atoms with Crippen LogP contribution in [0.1, 0.15) is 24.8 Å². The fraction of sp³-hybridized carbons (Fsp3) is 0.429. The number of hydrogen-bond acceptors (Lipinski definition) is 3. The second kappa shape index (κ2) is 6.76. The van der Waals surface area contributed by atoms with E-state index in [1.807, 2.05) is 6.07 Å². The second-order valence-corrected chi connectivity index (χ2v) is 4.65. The third-order valence-corrected chi connectivity index (χ3v) is 3.21. The molecule has 5 nitrogen and oxygen atoms in total. The van der Waals surface area contributed by atoms with Gasteiger partial charge in [0.25, 0.3) is 0 Å². The fourth-order valence-electron chi connectivity index (χ4n) is 2.17. The van der Waals surface area contributed by atoms with Crippen molar-refractivity contribution in [1.29, 1.82) is 5.26 Å². The van der Waals surface area contributed by atoms with Gasteiger partial charge in [0.2, 0.25) is 0 Å². The molecule has 0 unspecified atom stereocenters. The molecule has 2 rings (SSSR count). The number of anilines is 1. The zero-order valence-corrected chi connectivity index (χ0v) is 10.8. The van der Waals surface area contributed by atoms with Gasteiger partial charge in [0.15, 0.2) is 0 Å². The molecule has 2 amide bonds. The molecule has 0 spiro atoms. The SMILES string of the molecule is N#Cc1ccc(NC(=O)NCC[C@H]2CCCN2)cc1. The van der Waals surface area contributed by atoms with Gasteiger partial charge in [-0.1, -0.05) is 0 Å². The van der Waals surface area contributed by atoms with E-state index in [1.165, 1.54) is 12.8 Å². The van der Waals surface area contributed by atoms with E-state index in [9.17, 15) is 4.79 Å². The van der Waals surface area contributed by atoms with E-state index in [4.69, 9.17) is 5.26 Å². The normalized spacial score (nSPS) is 17.7. The summed E-state index contributed by atoms with van der Waals surface area (Å²) in [5.41, 5.74) is 1.27. The van der Waals surface area contributed by atoms with Crippen LogP contribution in [0.2, 0.25) is 0 Å². The summed E-state index contributed by atoms with van der Waals surface area (Å²) in [4.78, 5) is 11.6. The number of benzene rings is 1. The molecule has 1 atom stereocenters. The van der Waals surface area contributed by atoms with E-state index in [0.29, 0.717) is 23.8 Å². The summed E-state index contributed by atoms with van der Waals surface area (Å²) in [6.45, 7) is 1.75. The lowest BCUT2D eigenvalue weighted by Crippen LogP contribution is -2.33. The predicted molar refractivity (Wildman–Crippen MR) is 73.8 cm³/mol. The van der Waals surface area contributed by atoms with E-state index >= 15 is 0 Å². The lowest BCUT2D eigenvalue weighted by Gasteiger charge is -2.11. The number of hydrogen-bond donors (Lipinski definition) is 3. The summed E-state index contributed by atoms with van der Waals surface area (Å²) in [5, 5.41) is 17.6. The average molecular weight is 258 g/mol. The van der Waals surface area contributed by atoms with Crippen molar-refractivity contribution in [2.75, 3.05) is 18.4 Å². The predicted octanol–water partition coefficient (Wildman–Crippen LogP) is 1.82. The van der Waals surface area contributed by atoms with Crippen molar-refractivity contribution in [3.63, 3.8) is 0 Å². The first-order valence-corrected chi connectivity index (χ1v) is 6.56. The van der Waals surface area contributed by atoms with Crippen molar-refractivity contribution in [3.05, 3.63) is 29.8 Å². The summed E-state index contributed by atoms with van der Waals surface area (Å²) in [6, 6.07) is 9.16. The molecule has 3 N–H and O–H groups in total. The fourth-order valence-corrected chi connectivity index (χ4v) is 2.17.